The first-order valence-corrected chi connectivity index (χ1v) is 6.36. The highest BCUT2D eigenvalue weighted by molar-refractivity contribution is 9.10. The lowest BCUT2D eigenvalue weighted by atomic mass is 10.1. The van der Waals surface area contributed by atoms with Gasteiger partial charge in [-0.3, -0.25) is 4.79 Å². The molecule has 1 aromatic heterocycles. The summed E-state index contributed by atoms with van der Waals surface area (Å²) in [5.74, 6) is -0.0164. The second-order valence-corrected chi connectivity index (χ2v) is 5.21. The van der Waals surface area contributed by atoms with Crippen LogP contribution in [0.1, 0.15) is 20.8 Å². The minimum atomic E-state index is -0.0174. The second kappa shape index (κ2) is 4.91. The number of aliphatic hydroxyl groups is 1. The summed E-state index contributed by atoms with van der Waals surface area (Å²) in [4.78, 5) is 12.8. The highest BCUT2D eigenvalue weighted by Crippen LogP contribution is 2.20. The molecule has 0 fully saturated rings. The van der Waals surface area contributed by atoms with Crippen molar-refractivity contribution in [2.75, 3.05) is 0 Å². The van der Waals surface area contributed by atoms with Crippen LogP contribution in [0.15, 0.2) is 40.2 Å². The molecular formula is C12H9BrO2S. The SMILES string of the molecule is O=C(c1cccc(Br)c1)c1csc(CO)c1. The molecule has 0 radical (unpaired) electrons. The topological polar surface area (TPSA) is 37.3 Å². The fraction of sp³-hybridized carbons (Fsp3) is 0.0833. The third-order valence-electron chi connectivity index (χ3n) is 2.16. The Morgan fingerprint density at radius 2 is 2.12 bits per heavy atom. The zero-order chi connectivity index (χ0) is 11.5. The van der Waals surface area contributed by atoms with E-state index < -0.39 is 0 Å². The van der Waals surface area contributed by atoms with Gasteiger partial charge in [0.05, 0.1) is 6.61 Å². The van der Waals surface area contributed by atoms with Gasteiger partial charge in [-0.15, -0.1) is 11.3 Å². The molecule has 4 heteroatoms. The predicted octanol–water partition coefficient (Wildman–Crippen LogP) is 3.23. The average molecular weight is 297 g/mol. The van der Waals surface area contributed by atoms with Gasteiger partial charge in [0.2, 0.25) is 0 Å². The fourth-order valence-electron chi connectivity index (χ4n) is 1.38. The van der Waals surface area contributed by atoms with E-state index in [4.69, 9.17) is 5.11 Å². The summed E-state index contributed by atoms with van der Waals surface area (Å²) in [6.07, 6.45) is 0. The van der Waals surface area contributed by atoms with Crippen molar-refractivity contribution in [2.45, 2.75) is 6.61 Å². The Labute approximate surface area is 106 Å². The Hall–Kier alpha value is -0.970. The van der Waals surface area contributed by atoms with Crippen LogP contribution >= 0.6 is 27.3 Å². The van der Waals surface area contributed by atoms with E-state index in [0.717, 1.165) is 9.35 Å². The summed E-state index contributed by atoms with van der Waals surface area (Å²) in [6, 6.07) is 9.01. The molecule has 0 bridgehead atoms. The van der Waals surface area contributed by atoms with E-state index in [0.29, 0.717) is 11.1 Å². The summed E-state index contributed by atoms with van der Waals surface area (Å²) >= 11 is 4.73. The van der Waals surface area contributed by atoms with Gasteiger partial charge in [-0.25, -0.2) is 0 Å². The van der Waals surface area contributed by atoms with Crippen molar-refractivity contribution in [3.05, 3.63) is 56.2 Å². The summed E-state index contributed by atoms with van der Waals surface area (Å²) in [5.41, 5.74) is 1.28. The maximum absolute atomic E-state index is 12.0. The molecule has 0 saturated heterocycles. The molecule has 2 aromatic rings. The Morgan fingerprint density at radius 1 is 1.31 bits per heavy atom. The van der Waals surface area contributed by atoms with Gasteiger partial charge in [-0.2, -0.15) is 0 Å². The predicted molar refractivity (Wildman–Crippen MR) is 67.8 cm³/mol. The van der Waals surface area contributed by atoms with E-state index in [9.17, 15) is 4.79 Å². The first-order chi connectivity index (χ1) is 7.70. The van der Waals surface area contributed by atoms with Crippen LogP contribution in [0.5, 0.6) is 0 Å². The molecular weight excluding hydrogens is 288 g/mol. The summed E-state index contributed by atoms with van der Waals surface area (Å²) in [7, 11) is 0. The van der Waals surface area contributed by atoms with Gasteiger partial charge >= 0.3 is 0 Å². The van der Waals surface area contributed by atoms with Crippen LogP contribution < -0.4 is 0 Å². The van der Waals surface area contributed by atoms with Gasteiger partial charge in [0.25, 0.3) is 0 Å². The lowest BCUT2D eigenvalue weighted by Gasteiger charge is -1.98. The molecule has 0 amide bonds. The van der Waals surface area contributed by atoms with Crippen LogP contribution in [-0.2, 0) is 6.61 Å². The van der Waals surface area contributed by atoms with E-state index in [-0.39, 0.29) is 12.4 Å². The average Bonchev–Trinajstić information content (AvgIpc) is 2.76. The molecule has 0 spiro atoms. The molecule has 1 heterocycles. The van der Waals surface area contributed by atoms with Crippen LogP contribution in [0, 0.1) is 0 Å². The normalized spacial score (nSPS) is 10.4. The highest BCUT2D eigenvalue weighted by Gasteiger charge is 2.11. The minimum absolute atomic E-state index is 0.0164. The zero-order valence-electron chi connectivity index (χ0n) is 8.31. The van der Waals surface area contributed by atoms with Gasteiger partial charge in [0.1, 0.15) is 0 Å². The Bertz CT molecular complexity index is 519. The van der Waals surface area contributed by atoms with E-state index in [1.165, 1.54) is 11.3 Å². The first kappa shape index (κ1) is 11.5. The molecule has 82 valence electrons. The Balaban J connectivity index is 2.31. The van der Waals surface area contributed by atoms with Crippen molar-refractivity contribution in [3.8, 4) is 0 Å². The number of thiophene rings is 1. The van der Waals surface area contributed by atoms with Gasteiger partial charge in [0.15, 0.2) is 5.78 Å². The Morgan fingerprint density at radius 3 is 2.75 bits per heavy atom. The molecule has 1 aromatic carbocycles. The fourth-order valence-corrected chi connectivity index (χ4v) is 2.50. The second-order valence-electron chi connectivity index (χ2n) is 3.30. The summed E-state index contributed by atoms with van der Waals surface area (Å²) < 4.78 is 0.885. The number of hydrogen-bond donors (Lipinski definition) is 1. The van der Waals surface area contributed by atoms with Crippen molar-refractivity contribution in [2.24, 2.45) is 0 Å². The molecule has 1 N–H and O–H groups in total. The first-order valence-electron chi connectivity index (χ1n) is 4.69. The summed E-state index contributed by atoms with van der Waals surface area (Å²) in [5, 5.41) is 10.7. The summed E-state index contributed by atoms with van der Waals surface area (Å²) in [6.45, 7) is -0.0174. The quantitative estimate of drug-likeness (QED) is 0.883. The molecule has 2 rings (SSSR count). The van der Waals surface area contributed by atoms with E-state index in [1.807, 2.05) is 12.1 Å². The van der Waals surface area contributed by atoms with E-state index in [2.05, 4.69) is 15.9 Å². The van der Waals surface area contributed by atoms with E-state index >= 15 is 0 Å². The van der Waals surface area contributed by atoms with Crippen LogP contribution in [0.25, 0.3) is 0 Å². The molecule has 0 unspecified atom stereocenters. The van der Waals surface area contributed by atoms with Gasteiger partial charge in [-0.1, -0.05) is 28.1 Å². The van der Waals surface area contributed by atoms with Gasteiger partial charge in [-0.05, 0) is 18.2 Å². The maximum Gasteiger partial charge on any atom is 0.193 e. The third kappa shape index (κ3) is 2.40. The van der Waals surface area contributed by atoms with Crippen molar-refractivity contribution in [1.82, 2.24) is 0 Å². The standard InChI is InChI=1S/C12H9BrO2S/c13-10-3-1-2-8(4-10)12(15)9-5-11(6-14)16-7-9/h1-5,7,14H,6H2. The number of halogens is 1. The molecule has 2 nitrogen and oxygen atoms in total. The molecule has 0 saturated carbocycles. The monoisotopic (exact) mass is 296 g/mol. The molecule has 0 aliphatic heterocycles. The number of carbonyl (C=O) groups excluding carboxylic acids is 1. The van der Waals surface area contributed by atoms with Crippen LogP contribution in [0.2, 0.25) is 0 Å². The van der Waals surface area contributed by atoms with Crippen molar-refractivity contribution in [1.29, 1.82) is 0 Å². The van der Waals surface area contributed by atoms with Gasteiger partial charge in [0, 0.05) is 25.9 Å². The molecule has 16 heavy (non-hydrogen) atoms. The Kier molecular flexibility index (Phi) is 3.53. The van der Waals surface area contributed by atoms with Crippen molar-refractivity contribution >= 4 is 33.0 Å². The number of aliphatic hydroxyl groups excluding tert-OH is 1. The van der Waals surface area contributed by atoms with Crippen molar-refractivity contribution < 1.29 is 9.90 Å². The van der Waals surface area contributed by atoms with Gasteiger partial charge < -0.3 is 5.11 Å². The molecule has 0 atom stereocenters. The lowest BCUT2D eigenvalue weighted by molar-refractivity contribution is 0.103. The van der Waals surface area contributed by atoms with E-state index in [1.54, 1.807) is 23.6 Å². The maximum atomic E-state index is 12.0. The largest absolute Gasteiger partial charge is 0.391 e. The molecule has 0 aliphatic carbocycles. The number of benzene rings is 1. The number of ketones is 1. The zero-order valence-corrected chi connectivity index (χ0v) is 10.7. The third-order valence-corrected chi connectivity index (χ3v) is 3.57. The van der Waals surface area contributed by atoms with Crippen LogP contribution in [-0.4, -0.2) is 10.9 Å². The molecule has 0 aliphatic rings. The highest BCUT2D eigenvalue weighted by atomic mass is 79.9. The number of carbonyl (C=O) groups is 1. The smallest absolute Gasteiger partial charge is 0.193 e. The van der Waals surface area contributed by atoms with Crippen molar-refractivity contribution in [3.63, 3.8) is 0 Å². The lowest BCUT2D eigenvalue weighted by Crippen LogP contribution is -1.99. The van der Waals surface area contributed by atoms with Crippen LogP contribution in [0.4, 0.5) is 0 Å². The minimum Gasteiger partial charge on any atom is -0.391 e. The number of hydrogen-bond acceptors (Lipinski definition) is 3. The number of rotatable bonds is 3. The van der Waals surface area contributed by atoms with Crippen LogP contribution in [0.3, 0.4) is 0 Å².